The first-order valence-electron chi connectivity index (χ1n) is 7.74. The Morgan fingerprint density at radius 1 is 1.16 bits per heavy atom. The van der Waals surface area contributed by atoms with Gasteiger partial charge in [-0.25, -0.2) is 9.67 Å². The molecule has 0 aliphatic rings. The van der Waals surface area contributed by atoms with Crippen LogP contribution in [-0.2, 0) is 7.05 Å². The highest BCUT2D eigenvalue weighted by molar-refractivity contribution is 7.14. The maximum absolute atomic E-state index is 12.3. The highest BCUT2D eigenvalue weighted by Gasteiger charge is 2.14. The summed E-state index contributed by atoms with van der Waals surface area (Å²) in [6.07, 6.45) is 0. The Morgan fingerprint density at radius 3 is 2.48 bits per heavy atom. The zero-order chi connectivity index (χ0) is 18.1. The van der Waals surface area contributed by atoms with Crippen LogP contribution < -0.4 is 10.9 Å². The summed E-state index contributed by atoms with van der Waals surface area (Å²) in [6, 6.07) is 6.96. The van der Waals surface area contributed by atoms with Crippen LogP contribution in [0.4, 0.5) is 5.13 Å². The first-order chi connectivity index (χ1) is 11.8. The van der Waals surface area contributed by atoms with Crippen molar-refractivity contribution in [3.05, 3.63) is 62.4 Å². The molecule has 0 fully saturated rings. The second-order valence-corrected chi connectivity index (χ2v) is 6.80. The average molecular weight is 354 g/mol. The van der Waals surface area contributed by atoms with Crippen LogP contribution >= 0.6 is 11.3 Å². The van der Waals surface area contributed by atoms with Crippen molar-refractivity contribution >= 4 is 22.4 Å². The fraction of sp³-hybridized carbons (Fsp3) is 0.222. The molecule has 1 amide bonds. The summed E-state index contributed by atoms with van der Waals surface area (Å²) < 4.78 is 1.13. The van der Waals surface area contributed by atoms with Gasteiger partial charge in [-0.1, -0.05) is 17.7 Å². The number of carbonyl (C=O) groups is 1. The lowest BCUT2D eigenvalue weighted by Crippen LogP contribution is -2.23. The van der Waals surface area contributed by atoms with Gasteiger partial charge in [0.05, 0.1) is 5.69 Å². The lowest BCUT2D eigenvalue weighted by Gasteiger charge is -2.08. The van der Waals surface area contributed by atoms with Crippen LogP contribution in [0.5, 0.6) is 0 Å². The molecule has 0 saturated heterocycles. The summed E-state index contributed by atoms with van der Waals surface area (Å²) in [5, 5.41) is 9.10. The van der Waals surface area contributed by atoms with Crippen LogP contribution in [0.1, 0.15) is 27.2 Å². The van der Waals surface area contributed by atoms with E-state index in [2.05, 4.69) is 48.3 Å². The van der Waals surface area contributed by atoms with Crippen molar-refractivity contribution < 1.29 is 4.79 Å². The molecule has 0 atom stereocenters. The number of nitrogens with zero attached hydrogens (tertiary/aromatic N) is 3. The number of thiazole rings is 1. The summed E-state index contributed by atoms with van der Waals surface area (Å²) in [6.45, 7) is 6.18. The molecule has 0 saturated carbocycles. The van der Waals surface area contributed by atoms with E-state index in [1.807, 2.05) is 5.38 Å². The standard InChI is InChI=1S/C18H18N4O2S/c1-10-7-11(2)16(12(3)8-10)14-9-25-18(19-14)20-17(24)13-5-6-15(23)22(4)21-13/h5-9H,1-4H3,(H,19,20,24). The molecule has 128 valence electrons. The van der Waals surface area contributed by atoms with Crippen LogP contribution in [-0.4, -0.2) is 20.7 Å². The number of benzene rings is 1. The number of aromatic nitrogens is 3. The number of aryl methyl sites for hydroxylation is 4. The monoisotopic (exact) mass is 354 g/mol. The van der Waals surface area contributed by atoms with Crippen molar-refractivity contribution in [3.8, 4) is 11.3 Å². The number of nitrogens with one attached hydrogen (secondary N) is 1. The van der Waals surface area contributed by atoms with Gasteiger partial charge in [0.1, 0.15) is 5.69 Å². The third-order valence-electron chi connectivity index (χ3n) is 3.85. The zero-order valence-electron chi connectivity index (χ0n) is 14.5. The minimum absolute atomic E-state index is 0.168. The second-order valence-electron chi connectivity index (χ2n) is 5.95. The Balaban J connectivity index is 1.86. The maximum atomic E-state index is 12.3. The Bertz CT molecular complexity index is 997. The van der Waals surface area contributed by atoms with E-state index in [1.54, 1.807) is 0 Å². The van der Waals surface area contributed by atoms with E-state index in [-0.39, 0.29) is 11.3 Å². The molecule has 3 aromatic rings. The van der Waals surface area contributed by atoms with Gasteiger partial charge < -0.3 is 0 Å². The zero-order valence-corrected chi connectivity index (χ0v) is 15.3. The van der Waals surface area contributed by atoms with Crippen molar-refractivity contribution in [1.82, 2.24) is 14.8 Å². The molecular formula is C18H18N4O2S. The van der Waals surface area contributed by atoms with Gasteiger partial charge in [0, 0.05) is 24.1 Å². The first-order valence-corrected chi connectivity index (χ1v) is 8.62. The van der Waals surface area contributed by atoms with Crippen molar-refractivity contribution in [2.75, 3.05) is 5.32 Å². The summed E-state index contributed by atoms with van der Waals surface area (Å²) in [5.74, 6) is -0.395. The smallest absolute Gasteiger partial charge is 0.277 e. The molecule has 6 nitrogen and oxygen atoms in total. The fourth-order valence-corrected chi connectivity index (χ4v) is 3.51. The van der Waals surface area contributed by atoms with Gasteiger partial charge in [0.2, 0.25) is 0 Å². The summed E-state index contributed by atoms with van der Waals surface area (Å²) >= 11 is 1.36. The number of hydrogen-bond acceptors (Lipinski definition) is 5. The van der Waals surface area contributed by atoms with E-state index >= 15 is 0 Å². The van der Waals surface area contributed by atoms with Gasteiger partial charge in [0.15, 0.2) is 5.13 Å². The van der Waals surface area contributed by atoms with Gasteiger partial charge in [0.25, 0.3) is 11.5 Å². The first kappa shape index (κ1) is 17.0. The Kier molecular flexibility index (Phi) is 4.50. The molecular weight excluding hydrogens is 336 g/mol. The number of rotatable bonds is 3. The lowest BCUT2D eigenvalue weighted by atomic mass is 9.98. The molecule has 0 aliphatic carbocycles. The van der Waals surface area contributed by atoms with Crippen LogP contribution in [0.15, 0.2) is 34.4 Å². The van der Waals surface area contributed by atoms with Crippen LogP contribution in [0.2, 0.25) is 0 Å². The molecule has 0 unspecified atom stereocenters. The molecule has 7 heteroatoms. The molecule has 1 aromatic carbocycles. The second kappa shape index (κ2) is 6.60. The largest absolute Gasteiger partial charge is 0.296 e. The normalized spacial score (nSPS) is 10.7. The van der Waals surface area contributed by atoms with Gasteiger partial charge >= 0.3 is 0 Å². The van der Waals surface area contributed by atoms with Crippen LogP contribution in [0.3, 0.4) is 0 Å². The number of anilines is 1. The van der Waals surface area contributed by atoms with E-state index in [0.29, 0.717) is 5.13 Å². The number of amides is 1. The molecule has 0 spiro atoms. The predicted octanol–water partition coefficient (Wildman–Crippen LogP) is 3.08. The molecule has 0 aliphatic heterocycles. The molecule has 2 aromatic heterocycles. The summed E-state index contributed by atoms with van der Waals surface area (Å²) in [4.78, 5) is 28.2. The molecule has 3 rings (SSSR count). The molecule has 25 heavy (non-hydrogen) atoms. The van der Waals surface area contributed by atoms with Gasteiger partial charge in [-0.05, 0) is 38.0 Å². The van der Waals surface area contributed by atoms with Crippen molar-refractivity contribution in [3.63, 3.8) is 0 Å². The van der Waals surface area contributed by atoms with Gasteiger partial charge in [-0.3, -0.25) is 14.9 Å². The van der Waals surface area contributed by atoms with Gasteiger partial charge in [-0.2, -0.15) is 5.10 Å². The van der Waals surface area contributed by atoms with E-state index in [1.165, 1.54) is 36.1 Å². The fourth-order valence-electron chi connectivity index (χ4n) is 2.81. The van der Waals surface area contributed by atoms with Crippen molar-refractivity contribution in [1.29, 1.82) is 0 Å². The molecule has 0 radical (unpaired) electrons. The minimum atomic E-state index is -0.395. The topological polar surface area (TPSA) is 76.9 Å². The molecule has 0 bridgehead atoms. The van der Waals surface area contributed by atoms with Crippen LogP contribution in [0.25, 0.3) is 11.3 Å². The third kappa shape index (κ3) is 3.51. The van der Waals surface area contributed by atoms with E-state index in [0.717, 1.165) is 27.1 Å². The quantitative estimate of drug-likeness (QED) is 0.784. The number of hydrogen-bond donors (Lipinski definition) is 1. The van der Waals surface area contributed by atoms with Crippen LogP contribution in [0, 0.1) is 20.8 Å². The van der Waals surface area contributed by atoms with E-state index in [9.17, 15) is 9.59 Å². The summed E-state index contributed by atoms with van der Waals surface area (Å²) in [5.41, 5.74) is 5.34. The highest BCUT2D eigenvalue weighted by atomic mass is 32.1. The van der Waals surface area contributed by atoms with Gasteiger partial charge in [-0.15, -0.1) is 11.3 Å². The third-order valence-corrected chi connectivity index (χ3v) is 4.61. The lowest BCUT2D eigenvalue weighted by molar-refractivity contribution is 0.102. The van der Waals surface area contributed by atoms with Crippen molar-refractivity contribution in [2.24, 2.45) is 7.05 Å². The Morgan fingerprint density at radius 2 is 1.84 bits per heavy atom. The SMILES string of the molecule is Cc1cc(C)c(-c2csc(NC(=O)c3ccc(=O)n(C)n3)n2)c(C)c1. The minimum Gasteiger partial charge on any atom is -0.296 e. The maximum Gasteiger partial charge on any atom is 0.277 e. The number of carbonyl (C=O) groups excluding carboxylic acids is 1. The predicted molar refractivity (Wildman–Crippen MR) is 99.2 cm³/mol. The molecule has 1 N–H and O–H groups in total. The van der Waals surface area contributed by atoms with E-state index in [4.69, 9.17) is 0 Å². The van der Waals surface area contributed by atoms with Crippen molar-refractivity contribution in [2.45, 2.75) is 20.8 Å². The average Bonchev–Trinajstić information content (AvgIpc) is 2.97. The molecule has 2 heterocycles. The summed E-state index contributed by atoms with van der Waals surface area (Å²) in [7, 11) is 1.50. The highest BCUT2D eigenvalue weighted by Crippen LogP contribution is 2.31. The Hall–Kier alpha value is -2.80. The Labute approximate surface area is 149 Å². The van der Waals surface area contributed by atoms with E-state index < -0.39 is 5.91 Å².